The standard InChI is InChI=1S/C67H126O14/c1-3-5-7-9-11-13-15-17-19-21-23-25-26-27-28-29-31-33-35-37-39-41-43-45-47-49-51-76-53-56(54-77-66-65(75)63(73)61(71)58(81-66)55-78-67-64(74)62(72)60(70)57(52-68)80-67)79-59(69)50-48-46-44-42-40-38-36-34-32-30-24-22-20-18-16-14-12-10-8-6-4-2/h15,17,21,23,56-58,60-68,70-75H,3-14,16,18-20,22,24-55H2,1-2H3/b17-15-,23-21-. The maximum Gasteiger partial charge on any atom is 0.306 e. The first-order valence-corrected chi connectivity index (χ1v) is 33.9. The highest BCUT2D eigenvalue weighted by atomic mass is 16.7. The van der Waals surface area contributed by atoms with Crippen molar-refractivity contribution in [3.8, 4) is 0 Å². The van der Waals surface area contributed by atoms with Gasteiger partial charge in [0.25, 0.3) is 0 Å². The number of aliphatic hydroxyl groups is 7. The molecule has 7 N–H and O–H groups in total. The lowest BCUT2D eigenvalue weighted by Crippen LogP contribution is -2.61. The molecule has 0 amide bonds. The van der Waals surface area contributed by atoms with Crippen molar-refractivity contribution in [2.75, 3.05) is 33.0 Å². The van der Waals surface area contributed by atoms with Crippen LogP contribution in [0.4, 0.5) is 0 Å². The van der Waals surface area contributed by atoms with Crippen LogP contribution in [0.2, 0.25) is 0 Å². The fraction of sp³-hybridized carbons (Fsp3) is 0.925. The molecule has 0 radical (unpaired) electrons. The van der Waals surface area contributed by atoms with Crippen LogP contribution in [0, 0.1) is 0 Å². The van der Waals surface area contributed by atoms with Crippen molar-refractivity contribution in [3.63, 3.8) is 0 Å². The van der Waals surface area contributed by atoms with Crippen LogP contribution in [0.25, 0.3) is 0 Å². The van der Waals surface area contributed by atoms with Crippen molar-refractivity contribution in [3.05, 3.63) is 24.3 Å². The zero-order valence-corrected chi connectivity index (χ0v) is 51.8. The first-order chi connectivity index (χ1) is 39.6. The number of esters is 1. The van der Waals surface area contributed by atoms with Gasteiger partial charge in [-0.05, 0) is 44.9 Å². The lowest BCUT2D eigenvalue weighted by atomic mass is 9.98. The van der Waals surface area contributed by atoms with E-state index in [0.29, 0.717) is 13.0 Å². The number of unbranched alkanes of at least 4 members (excludes halogenated alkanes) is 39. The minimum absolute atomic E-state index is 0.0669. The molecule has 14 nitrogen and oxygen atoms in total. The van der Waals surface area contributed by atoms with Gasteiger partial charge in [0.1, 0.15) is 54.9 Å². The highest BCUT2D eigenvalue weighted by molar-refractivity contribution is 5.69. The van der Waals surface area contributed by atoms with Gasteiger partial charge < -0.3 is 64.2 Å². The van der Waals surface area contributed by atoms with Gasteiger partial charge in [0.2, 0.25) is 0 Å². The maximum atomic E-state index is 13.1. The van der Waals surface area contributed by atoms with Crippen molar-refractivity contribution in [1.29, 1.82) is 0 Å². The summed E-state index contributed by atoms with van der Waals surface area (Å²) < 4.78 is 34.5. The molecule has 0 aromatic rings. The molecule has 0 aromatic carbocycles. The normalized spacial score (nSPS) is 23.8. The quantitative estimate of drug-likeness (QED) is 0.0171. The predicted molar refractivity (Wildman–Crippen MR) is 326 cm³/mol. The summed E-state index contributed by atoms with van der Waals surface area (Å²) in [4.78, 5) is 13.1. The Bertz CT molecular complexity index is 1430. The summed E-state index contributed by atoms with van der Waals surface area (Å²) in [6.07, 6.45) is 48.2. The molecule has 0 aliphatic carbocycles. The van der Waals surface area contributed by atoms with E-state index in [2.05, 4.69) is 38.2 Å². The van der Waals surface area contributed by atoms with Crippen molar-refractivity contribution in [2.45, 2.75) is 364 Å². The first kappa shape index (κ1) is 75.6. The number of rotatable bonds is 57. The van der Waals surface area contributed by atoms with Crippen LogP contribution in [-0.2, 0) is 33.2 Å². The molecule has 2 heterocycles. The first-order valence-electron chi connectivity index (χ1n) is 33.9. The largest absolute Gasteiger partial charge is 0.457 e. The summed E-state index contributed by atoms with van der Waals surface area (Å²) in [6, 6.07) is 0. The Morgan fingerprint density at radius 3 is 1.19 bits per heavy atom. The lowest BCUT2D eigenvalue weighted by molar-refractivity contribution is -0.332. The zero-order valence-electron chi connectivity index (χ0n) is 51.8. The van der Waals surface area contributed by atoms with Crippen LogP contribution in [0.1, 0.15) is 296 Å². The number of aliphatic hydroxyl groups excluding tert-OH is 7. The Morgan fingerprint density at radius 1 is 0.407 bits per heavy atom. The molecule has 11 atom stereocenters. The van der Waals surface area contributed by atoms with E-state index in [4.69, 9.17) is 28.4 Å². The molecular formula is C67H126O14. The monoisotopic (exact) mass is 1150 g/mol. The molecule has 11 unspecified atom stereocenters. The molecule has 478 valence electrons. The number of ether oxygens (including phenoxy) is 6. The van der Waals surface area contributed by atoms with E-state index in [1.807, 2.05) is 0 Å². The zero-order chi connectivity index (χ0) is 58.6. The van der Waals surface area contributed by atoms with E-state index < -0.39 is 80.7 Å². The molecule has 81 heavy (non-hydrogen) atoms. The molecule has 0 saturated carbocycles. The van der Waals surface area contributed by atoms with Crippen molar-refractivity contribution in [1.82, 2.24) is 0 Å². The molecular weight excluding hydrogens is 1030 g/mol. The fourth-order valence-corrected chi connectivity index (χ4v) is 11.0. The minimum atomic E-state index is -1.70. The maximum absolute atomic E-state index is 13.1. The van der Waals surface area contributed by atoms with E-state index in [-0.39, 0.29) is 25.6 Å². The van der Waals surface area contributed by atoms with Gasteiger partial charge in [0, 0.05) is 13.0 Å². The van der Waals surface area contributed by atoms with Crippen LogP contribution in [0.3, 0.4) is 0 Å². The molecule has 2 rings (SSSR count). The molecule has 0 bridgehead atoms. The molecule has 2 aliphatic rings. The average Bonchev–Trinajstić information content (AvgIpc) is 3.60. The number of allylic oxidation sites excluding steroid dienone is 4. The number of hydrogen-bond acceptors (Lipinski definition) is 14. The molecule has 2 fully saturated rings. The summed E-state index contributed by atoms with van der Waals surface area (Å²) in [5.41, 5.74) is 0. The van der Waals surface area contributed by atoms with Gasteiger partial charge in [-0.2, -0.15) is 0 Å². The van der Waals surface area contributed by atoms with E-state index >= 15 is 0 Å². The highest BCUT2D eigenvalue weighted by Crippen LogP contribution is 2.27. The smallest absolute Gasteiger partial charge is 0.306 e. The minimum Gasteiger partial charge on any atom is -0.457 e. The van der Waals surface area contributed by atoms with E-state index in [9.17, 15) is 40.5 Å². The number of hydrogen-bond donors (Lipinski definition) is 7. The Kier molecular flexibility index (Phi) is 50.3. The molecule has 2 aliphatic heterocycles. The van der Waals surface area contributed by atoms with Gasteiger partial charge in [0.05, 0.1) is 26.4 Å². The summed E-state index contributed by atoms with van der Waals surface area (Å²) in [6.45, 7) is 3.75. The SMILES string of the molecule is CCCCCCC/C=C\C/C=C\CCCCCCCCCCCCCCCCOCC(COC1OC(COC2OC(CO)C(O)C(O)C2O)C(O)C(O)C1O)OC(=O)CCCCCCCCCCCCCCCCCCCCCCC. The Balaban J connectivity index is 1.64. The third kappa shape index (κ3) is 39.7. The highest BCUT2D eigenvalue weighted by Gasteiger charge is 2.47. The average molecular weight is 1160 g/mol. The second-order valence-corrected chi connectivity index (χ2v) is 24.0. The molecule has 0 spiro atoms. The van der Waals surface area contributed by atoms with Crippen LogP contribution in [0.5, 0.6) is 0 Å². The summed E-state index contributed by atoms with van der Waals surface area (Å²) >= 11 is 0. The predicted octanol–water partition coefficient (Wildman–Crippen LogP) is 13.9. The fourth-order valence-electron chi connectivity index (χ4n) is 11.0. The number of carbonyl (C=O) groups is 1. The van der Waals surface area contributed by atoms with Crippen molar-refractivity contribution >= 4 is 5.97 Å². The van der Waals surface area contributed by atoms with Crippen LogP contribution >= 0.6 is 0 Å². The van der Waals surface area contributed by atoms with Crippen molar-refractivity contribution < 1.29 is 69.0 Å². The topological polar surface area (TPSA) is 214 Å². The molecule has 0 aromatic heterocycles. The second kappa shape index (κ2) is 53.9. The van der Waals surface area contributed by atoms with Gasteiger partial charge in [-0.25, -0.2) is 0 Å². The Morgan fingerprint density at radius 2 is 0.765 bits per heavy atom. The summed E-state index contributed by atoms with van der Waals surface area (Å²) in [5, 5.41) is 72.6. The summed E-state index contributed by atoms with van der Waals surface area (Å²) in [5.74, 6) is -0.368. The Labute approximate surface area is 494 Å². The lowest BCUT2D eigenvalue weighted by Gasteiger charge is -2.42. The summed E-state index contributed by atoms with van der Waals surface area (Å²) in [7, 11) is 0. The van der Waals surface area contributed by atoms with Gasteiger partial charge in [-0.1, -0.05) is 269 Å². The molecule has 2 saturated heterocycles. The van der Waals surface area contributed by atoms with E-state index in [0.717, 1.165) is 44.9 Å². The second-order valence-electron chi connectivity index (χ2n) is 24.0. The van der Waals surface area contributed by atoms with Gasteiger partial charge >= 0.3 is 5.97 Å². The van der Waals surface area contributed by atoms with Crippen LogP contribution in [0.15, 0.2) is 24.3 Å². The van der Waals surface area contributed by atoms with Crippen molar-refractivity contribution in [2.24, 2.45) is 0 Å². The third-order valence-corrected chi connectivity index (χ3v) is 16.5. The van der Waals surface area contributed by atoms with Crippen LogP contribution in [-0.4, -0.2) is 142 Å². The molecule has 14 heteroatoms. The van der Waals surface area contributed by atoms with Crippen LogP contribution < -0.4 is 0 Å². The van der Waals surface area contributed by atoms with Gasteiger partial charge in [0.15, 0.2) is 12.6 Å². The van der Waals surface area contributed by atoms with E-state index in [1.165, 1.54) is 225 Å². The van der Waals surface area contributed by atoms with Gasteiger partial charge in [-0.3, -0.25) is 4.79 Å². The Hall–Kier alpha value is -1.53. The van der Waals surface area contributed by atoms with E-state index in [1.54, 1.807) is 0 Å². The number of carbonyl (C=O) groups excluding carboxylic acids is 1. The third-order valence-electron chi connectivity index (χ3n) is 16.5. The van der Waals surface area contributed by atoms with Gasteiger partial charge in [-0.15, -0.1) is 0 Å².